The van der Waals surface area contributed by atoms with Crippen molar-refractivity contribution in [2.75, 3.05) is 13.2 Å². The van der Waals surface area contributed by atoms with Crippen molar-refractivity contribution in [3.05, 3.63) is 24.3 Å². The molecule has 0 saturated carbocycles. The van der Waals surface area contributed by atoms with E-state index in [0.717, 1.165) is 70.6 Å². The van der Waals surface area contributed by atoms with Crippen molar-refractivity contribution < 1.29 is 28.6 Å². The molecule has 0 radical (unpaired) electrons. The van der Waals surface area contributed by atoms with Crippen LogP contribution < -0.4 is 0 Å². The Labute approximate surface area is 513 Å². The van der Waals surface area contributed by atoms with E-state index >= 15 is 0 Å². The van der Waals surface area contributed by atoms with Gasteiger partial charge < -0.3 is 14.2 Å². The first-order valence-electron chi connectivity index (χ1n) is 37.3. The highest BCUT2D eigenvalue weighted by Crippen LogP contribution is 2.19. The van der Waals surface area contributed by atoms with E-state index in [0.29, 0.717) is 19.3 Å². The van der Waals surface area contributed by atoms with Crippen LogP contribution in [0.15, 0.2) is 24.3 Å². The minimum atomic E-state index is -0.777. The first-order valence-corrected chi connectivity index (χ1v) is 37.3. The van der Waals surface area contributed by atoms with Crippen LogP contribution in [0, 0.1) is 0 Å². The van der Waals surface area contributed by atoms with E-state index in [2.05, 4.69) is 45.1 Å². The zero-order valence-corrected chi connectivity index (χ0v) is 55.8. The molecule has 0 aromatic heterocycles. The fourth-order valence-electron chi connectivity index (χ4n) is 11.6. The molecule has 484 valence electrons. The lowest BCUT2D eigenvalue weighted by Crippen LogP contribution is -2.30. The Kier molecular flexibility index (Phi) is 69.5. The number of esters is 3. The summed E-state index contributed by atoms with van der Waals surface area (Å²) in [6.45, 7) is 6.68. The normalized spacial score (nSPS) is 12.1. The highest BCUT2D eigenvalue weighted by Gasteiger charge is 2.20. The first kappa shape index (κ1) is 79.9. The monoisotopic (exact) mass is 1150 g/mol. The van der Waals surface area contributed by atoms with Crippen molar-refractivity contribution in [2.45, 2.75) is 431 Å². The Morgan fingerprint density at radius 3 is 0.622 bits per heavy atom. The molecule has 0 N–H and O–H groups in total. The van der Waals surface area contributed by atoms with Crippen molar-refractivity contribution in [1.82, 2.24) is 0 Å². The Morgan fingerprint density at radius 1 is 0.232 bits per heavy atom. The van der Waals surface area contributed by atoms with Gasteiger partial charge in [0.1, 0.15) is 13.2 Å². The van der Waals surface area contributed by atoms with Gasteiger partial charge in [-0.2, -0.15) is 0 Å². The van der Waals surface area contributed by atoms with Gasteiger partial charge in [-0.05, 0) is 70.6 Å². The molecule has 0 aliphatic rings. The summed E-state index contributed by atoms with van der Waals surface area (Å²) >= 11 is 0. The molecular weight excluding hydrogens is 1010 g/mol. The Bertz CT molecular complexity index is 1320. The molecule has 82 heavy (non-hydrogen) atoms. The van der Waals surface area contributed by atoms with E-state index in [9.17, 15) is 14.4 Å². The minimum Gasteiger partial charge on any atom is -0.462 e. The quantitative estimate of drug-likeness (QED) is 0.0261. The summed E-state index contributed by atoms with van der Waals surface area (Å²) in [4.78, 5) is 38.4. The Hall–Kier alpha value is -2.11. The summed E-state index contributed by atoms with van der Waals surface area (Å²) < 4.78 is 17.0. The maximum absolute atomic E-state index is 12.9. The molecule has 1 atom stereocenters. The van der Waals surface area contributed by atoms with Crippen molar-refractivity contribution in [3.8, 4) is 0 Å². The molecule has 6 heteroatoms. The molecule has 0 aromatic carbocycles. The maximum atomic E-state index is 12.9. The van der Waals surface area contributed by atoms with Gasteiger partial charge in [0, 0.05) is 19.3 Å². The number of rotatable bonds is 70. The fourth-order valence-corrected chi connectivity index (χ4v) is 11.6. The van der Waals surface area contributed by atoms with Crippen LogP contribution in [0.4, 0.5) is 0 Å². The van der Waals surface area contributed by atoms with Crippen molar-refractivity contribution in [3.63, 3.8) is 0 Å². The van der Waals surface area contributed by atoms with Crippen molar-refractivity contribution in [1.29, 1.82) is 0 Å². The molecule has 6 nitrogen and oxygen atoms in total. The van der Waals surface area contributed by atoms with E-state index < -0.39 is 6.10 Å². The molecule has 0 aliphatic heterocycles. The molecule has 0 amide bonds. The van der Waals surface area contributed by atoms with Crippen LogP contribution in [0.1, 0.15) is 425 Å². The van der Waals surface area contributed by atoms with Crippen LogP contribution in [0.2, 0.25) is 0 Å². The van der Waals surface area contributed by atoms with Gasteiger partial charge in [0.05, 0.1) is 0 Å². The summed E-state index contributed by atoms with van der Waals surface area (Å²) in [5.74, 6) is -0.861. The molecule has 0 fully saturated rings. The second-order valence-electron chi connectivity index (χ2n) is 25.6. The van der Waals surface area contributed by atoms with Gasteiger partial charge >= 0.3 is 17.9 Å². The number of carbonyl (C=O) groups excluding carboxylic acids is 3. The van der Waals surface area contributed by atoms with Crippen LogP contribution >= 0.6 is 0 Å². The Balaban J connectivity index is 4.04. The van der Waals surface area contributed by atoms with E-state index in [1.54, 1.807) is 0 Å². The predicted molar refractivity (Wildman–Crippen MR) is 358 cm³/mol. The van der Waals surface area contributed by atoms with Gasteiger partial charge in [0.25, 0.3) is 0 Å². The standard InChI is InChI=1S/C76H144O6/c1-4-7-10-13-16-19-22-25-27-29-30-31-32-33-34-35-36-37-38-39-40-41-42-43-44-45-46-47-49-51-54-57-60-63-66-69-75(78)81-72-73(71-80-74(77)68-65-62-59-56-53-50-24-21-18-15-12-9-6-3)82-76(79)70-67-64-61-58-55-52-48-28-26-23-20-17-14-11-8-5-2/h21,24,28,48,73H,4-20,22-23,25-27,29-47,49-72H2,1-3H3/b24-21-,48-28-. The first-order chi connectivity index (χ1) is 40.5. The SMILES string of the molecule is CCCCCC/C=C\CCCCCCCC(=O)OCC(COC(=O)CCCCCCCCCCCCCCCCCCCCCCCCCCCCCCCCCCCCC)OC(=O)CCCCCCC/C=C\CCCCCCCCC. The van der Waals surface area contributed by atoms with Gasteiger partial charge in [-0.25, -0.2) is 0 Å². The summed E-state index contributed by atoms with van der Waals surface area (Å²) in [6.07, 6.45) is 88.2. The molecule has 0 saturated heterocycles. The second-order valence-corrected chi connectivity index (χ2v) is 25.6. The molecule has 0 bridgehead atoms. The van der Waals surface area contributed by atoms with Crippen LogP contribution in [0.3, 0.4) is 0 Å². The third-order valence-corrected chi connectivity index (χ3v) is 17.2. The summed E-state index contributed by atoms with van der Waals surface area (Å²) in [5, 5.41) is 0. The van der Waals surface area contributed by atoms with Crippen LogP contribution in [0.5, 0.6) is 0 Å². The topological polar surface area (TPSA) is 78.9 Å². The number of hydrogen-bond acceptors (Lipinski definition) is 6. The molecule has 0 heterocycles. The molecule has 0 aliphatic carbocycles. The minimum absolute atomic E-state index is 0.0722. The highest BCUT2D eigenvalue weighted by atomic mass is 16.6. The summed E-state index contributed by atoms with van der Waals surface area (Å²) in [5.41, 5.74) is 0. The smallest absolute Gasteiger partial charge is 0.306 e. The zero-order chi connectivity index (χ0) is 59.2. The largest absolute Gasteiger partial charge is 0.462 e. The maximum Gasteiger partial charge on any atom is 0.306 e. The summed E-state index contributed by atoms with van der Waals surface area (Å²) in [6, 6.07) is 0. The average molecular weight is 1150 g/mol. The number of hydrogen-bond donors (Lipinski definition) is 0. The van der Waals surface area contributed by atoms with Crippen LogP contribution in [-0.4, -0.2) is 37.2 Å². The average Bonchev–Trinajstić information content (AvgIpc) is 3.47. The lowest BCUT2D eigenvalue weighted by Gasteiger charge is -2.18. The van der Waals surface area contributed by atoms with E-state index in [4.69, 9.17) is 14.2 Å². The lowest BCUT2D eigenvalue weighted by atomic mass is 10.0. The van der Waals surface area contributed by atoms with Gasteiger partial charge in [0.2, 0.25) is 0 Å². The van der Waals surface area contributed by atoms with E-state index in [-0.39, 0.29) is 31.1 Å². The second kappa shape index (κ2) is 71.4. The van der Waals surface area contributed by atoms with Gasteiger partial charge in [-0.15, -0.1) is 0 Å². The van der Waals surface area contributed by atoms with Crippen molar-refractivity contribution >= 4 is 17.9 Å². The molecule has 0 spiro atoms. The fraction of sp³-hybridized carbons (Fsp3) is 0.908. The van der Waals surface area contributed by atoms with E-state index in [1.807, 2.05) is 0 Å². The number of unbranched alkanes of at least 4 members (excludes halogenated alkanes) is 55. The molecule has 0 rings (SSSR count). The summed E-state index contributed by atoms with van der Waals surface area (Å²) in [7, 11) is 0. The van der Waals surface area contributed by atoms with Gasteiger partial charge in [0.15, 0.2) is 6.10 Å². The number of allylic oxidation sites excluding steroid dienone is 4. The molecular formula is C76H144O6. The number of ether oxygens (including phenoxy) is 3. The molecule has 0 aromatic rings. The zero-order valence-electron chi connectivity index (χ0n) is 55.8. The van der Waals surface area contributed by atoms with Crippen molar-refractivity contribution in [2.24, 2.45) is 0 Å². The van der Waals surface area contributed by atoms with Gasteiger partial charge in [-0.1, -0.05) is 360 Å². The Morgan fingerprint density at radius 2 is 0.402 bits per heavy atom. The highest BCUT2D eigenvalue weighted by molar-refractivity contribution is 5.71. The van der Waals surface area contributed by atoms with Gasteiger partial charge in [-0.3, -0.25) is 14.4 Å². The van der Waals surface area contributed by atoms with Crippen LogP contribution in [0.25, 0.3) is 0 Å². The third-order valence-electron chi connectivity index (χ3n) is 17.2. The molecule has 1 unspecified atom stereocenters. The van der Waals surface area contributed by atoms with E-state index in [1.165, 1.54) is 315 Å². The van der Waals surface area contributed by atoms with Crippen LogP contribution in [-0.2, 0) is 28.6 Å². The lowest BCUT2D eigenvalue weighted by molar-refractivity contribution is -0.167. The number of carbonyl (C=O) groups is 3. The predicted octanol–water partition coefficient (Wildman–Crippen LogP) is 25.7. The third kappa shape index (κ3) is 68.7.